The third kappa shape index (κ3) is 9.53. The van der Waals surface area contributed by atoms with E-state index >= 15 is 0 Å². The van der Waals surface area contributed by atoms with Gasteiger partial charge in [-0.25, -0.2) is 4.79 Å². The van der Waals surface area contributed by atoms with Gasteiger partial charge in [0.2, 0.25) is 17.7 Å². The van der Waals surface area contributed by atoms with Gasteiger partial charge in [0.1, 0.15) is 18.1 Å². The number of benzene rings is 1. The van der Waals surface area contributed by atoms with Crippen molar-refractivity contribution in [3.8, 4) is 0 Å². The highest BCUT2D eigenvalue weighted by Crippen LogP contribution is 2.04. The van der Waals surface area contributed by atoms with Gasteiger partial charge in [0.05, 0.1) is 12.6 Å². The van der Waals surface area contributed by atoms with Gasteiger partial charge in [0.15, 0.2) is 0 Å². The van der Waals surface area contributed by atoms with Gasteiger partial charge in [-0.2, -0.15) is 0 Å². The van der Waals surface area contributed by atoms with Crippen LogP contribution in [0.5, 0.6) is 0 Å². The first-order valence-corrected chi connectivity index (χ1v) is 9.80. The Labute approximate surface area is 184 Å². The van der Waals surface area contributed by atoms with E-state index in [2.05, 4.69) is 16.0 Å². The second-order valence-electron chi connectivity index (χ2n) is 7.13. The van der Waals surface area contributed by atoms with Gasteiger partial charge in [0, 0.05) is 12.8 Å². The first kappa shape index (κ1) is 26.5. The summed E-state index contributed by atoms with van der Waals surface area (Å²) in [7, 11) is 0. The predicted octanol–water partition coefficient (Wildman–Crippen LogP) is -2.03. The summed E-state index contributed by atoms with van der Waals surface area (Å²) >= 11 is 0. The summed E-state index contributed by atoms with van der Waals surface area (Å²) in [5.74, 6) is -4.98. The van der Waals surface area contributed by atoms with Crippen molar-refractivity contribution in [3.63, 3.8) is 0 Å². The van der Waals surface area contributed by atoms with Gasteiger partial charge in [-0.1, -0.05) is 30.3 Å². The quantitative estimate of drug-likeness (QED) is 0.176. The molecule has 0 saturated heterocycles. The maximum absolute atomic E-state index is 12.4. The van der Waals surface area contributed by atoms with Crippen molar-refractivity contribution in [1.29, 1.82) is 0 Å². The SMILES string of the molecule is CC(O)C(N)C(=O)NC(CCC(=O)O)C(=O)NCC(=O)NC(Cc1ccccc1)C(=O)O. The Morgan fingerprint density at radius 2 is 1.59 bits per heavy atom. The number of aliphatic carboxylic acids is 2. The molecule has 0 aromatic heterocycles. The van der Waals surface area contributed by atoms with E-state index in [1.54, 1.807) is 30.3 Å². The van der Waals surface area contributed by atoms with E-state index in [1.807, 2.05) is 0 Å². The van der Waals surface area contributed by atoms with Gasteiger partial charge in [0.25, 0.3) is 0 Å². The van der Waals surface area contributed by atoms with Crippen LogP contribution in [0.25, 0.3) is 0 Å². The lowest BCUT2D eigenvalue weighted by Crippen LogP contribution is -2.55. The number of hydrogen-bond donors (Lipinski definition) is 7. The zero-order valence-electron chi connectivity index (χ0n) is 17.5. The molecule has 0 aliphatic heterocycles. The van der Waals surface area contributed by atoms with Gasteiger partial charge in [-0.05, 0) is 18.9 Å². The van der Waals surface area contributed by atoms with E-state index in [0.717, 1.165) is 0 Å². The summed E-state index contributed by atoms with van der Waals surface area (Å²) in [4.78, 5) is 58.8. The smallest absolute Gasteiger partial charge is 0.326 e. The molecule has 3 amide bonds. The van der Waals surface area contributed by atoms with Crippen LogP contribution in [0, 0.1) is 0 Å². The number of carboxylic acid groups (broad SMARTS) is 2. The molecule has 0 heterocycles. The minimum atomic E-state index is -1.34. The summed E-state index contributed by atoms with van der Waals surface area (Å²) in [6.45, 7) is 0.675. The number of aliphatic hydroxyl groups excluding tert-OH is 1. The molecule has 0 saturated carbocycles. The zero-order valence-corrected chi connectivity index (χ0v) is 17.5. The maximum Gasteiger partial charge on any atom is 0.326 e. The molecule has 0 fully saturated rings. The summed E-state index contributed by atoms with van der Waals surface area (Å²) in [6, 6.07) is 4.74. The molecule has 1 rings (SSSR count). The molecule has 4 unspecified atom stereocenters. The lowest BCUT2D eigenvalue weighted by Gasteiger charge is -2.21. The minimum absolute atomic E-state index is 0.0321. The lowest BCUT2D eigenvalue weighted by molar-refractivity contribution is -0.141. The topological polar surface area (TPSA) is 208 Å². The molecule has 1 aromatic carbocycles. The standard InChI is InChI=1S/C20H28N4O8/c1-11(25)17(21)19(30)24-13(7-8-16(27)28)18(29)22-10-15(26)23-14(20(31)32)9-12-5-3-2-4-6-12/h2-6,11,13-14,17,25H,7-10,21H2,1H3,(H,22,29)(H,23,26)(H,24,30)(H,27,28)(H,31,32). The summed E-state index contributed by atoms with van der Waals surface area (Å²) < 4.78 is 0. The van der Waals surface area contributed by atoms with Crippen LogP contribution in [0.2, 0.25) is 0 Å². The molecule has 8 N–H and O–H groups in total. The monoisotopic (exact) mass is 452 g/mol. The van der Waals surface area contributed by atoms with Gasteiger partial charge in [-0.15, -0.1) is 0 Å². The normalized spacial score (nSPS) is 14.3. The minimum Gasteiger partial charge on any atom is -0.481 e. The molecule has 12 nitrogen and oxygen atoms in total. The Hall–Kier alpha value is -3.51. The molecule has 0 spiro atoms. The Kier molecular flexibility index (Phi) is 10.8. The molecule has 1 aromatic rings. The van der Waals surface area contributed by atoms with Crippen LogP contribution in [0.15, 0.2) is 30.3 Å². The number of nitrogens with two attached hydrogens (primary N) is 1. The van der Waals surface area contributed by atoms with E-state index in [4.69, 9.17) is 10.8 Å². The van der Waals surface area contributed by atoms with Crippen molar-refractivity contribution in [2.45, 2.75) is 50.4 Å². The molecule has 32 heavy (non-hydrogen) atoms. The van der Waals surface area contributed by atoms with E-state index in [0.29, 0.717) is 5.56 Å². The first-order valence-electron chi connectivity index (χ1n) is 9.80. The Morgan fingerprint density at radius 3 is 2.12 bits per heavy atom. The zero-order chi connectivity index (χ0) is 24.3. The largest absolute Gasteiger partial charge is 0.481 e. The van der Waals surface area contributed by atoms with E-state index < -0.39 is 66.9 Å². The van der Waals surface area contributed by atoms with Crippen LogP contribution in [0.4, 0.5) is 0 Å². The Balaban J connectivity index is 2.69. The van der Waals surface area contributed by atoms with Crippen LogP contribution in [0.1, 0.15) is 25.3 Å². The van der Waals surface area contributed by atoms with Crippen LogP contribution in [0.3, 0.4) is 0 Å². The Morgan fingerprint density at radius 1 is 0.969 bits per heavy atom. The number of hydrogen-bond acceptors (Lipinski definition) is 7. The van der Waals surface area contributed by atoms with E-state index in [-0.39, 0.29) is 12.8 Å². The fourth-order valence-corrected chi connectivity index (χ4v) is 2.61. The molecule has 4 atom stereocenters. The first-order chi connectivity index (χ1) is 15.0. The van der Waals surface area contributed by atoms with Gasteiger partial charge >= 0.3 is 11.9 Å². The molecular formula is C20H28N4O8. The number of aliphatic hydroxyl groups is 1. The fraction of sp³-hybridized carbons (Fsp3) is 0.450. The highest BCUT2D eigenvalue weighted by Gasteiger charge is 2.27. The average Bonchev–Trinajstić information content (AvgIpc) is 2.74. The molecule has 12 heteroatoms. The number of rotatable bonds is 13. The average molecular weight is 452 g/mol. The molecule has 0 radical (unpaired) electrons. The predicted molar refractivity (Wildman–Crippen MR) is 111 cm³/mol. The van der Waals surface area contributed by atoms with Crippen molar-refractivity contribution in [3.05, 3.63) is 35.9 Å². The highest BCUT2D eigenvalue weighted by atomic mass is 16.4. The molecule has 0 bridgehead atoms. The van der Waals surface area contributed by atoms with Crippen molar-refractivity contribution in [2.75, 3.05) is 6.54 Å². The van der Waals surface area contributed by atoms with Crippen molar-refractivity contribution in [2.24, 2.45) is 5.73 Å². The van der Waals surface area contributed by atoms with Crippen molar-refractivity contribution < 1.29 is 39.3 Å². The number of nitrogens with one attached hydrogen (secondary N) is 3. The van der Waals surface area contributed by atoms with Gasteiger partial charge in [-0.3, -0.25) is 19.2 Å². The summed E-state index contributed by atoms with van der Waals surface area (Å²) in [6.07, 6.45) is -1.91. The van der Waals surface area contributed by atoms with Crippen molar-refractivity contribution in [1.82, 2.24) is 16.0 Å². The maximum atomic E-state index is 12.4. The van der Waals surface area contributed by atoms with Crippen LogP contribution >= 0.6 is 0 Å². The molecule has 0 aliphatic carbocycles. The molecular weight excluding hydrogens is 424 g/mol. The number of amides is 3. The second kappa shape index (κ2) is 13.0. The third-order valence-corrected chi connectivity index (χ3v) is 4.44. The molecule has 176 valence electrons. The highest BCUT2D eigenvalue weighted by molar-refractivity contribution is 5.93. The number of carbonyl (C=O) groups excluding carboxylic acids is 3. The Bertz CT molecular complexity index is 815. The molecule has 0 aliphatic rings. The van der Waals surface area contributed by atoms with Crippen LogP contribution in [-0.2, 0) is 30.4 Å². The third-order valence-electron chi connectivity index (χ3n) is 4.44. The summed E-state index contributed by atoms with van der Waals surface area (Å²) in [5, 5.41) is 34.3. The van der Waals surface area contributed by atoms with E-state index in [1.165, 1.54) is 6.92 Å². The van der Waals surface area contributed by atoms with E-state index in [9.17, 15) is 34.2 Å². The van der Waals surface area contributed by atoms with Gasteiger partial charge < -0.3 is 37.0 Å². The second-order valence-corrected chi connectivity index (χ2v) is 7.13. The summed E-state index contributed by atoms with van der Waals surface area (Å²) in [5.41, 5.74) is 6.19. The van der Waals surface area contributed by atoms with Crippen LogP contribution in [-0.4, -0.2) is 75.8 Å². The van der Waals surface area contributed by atoms with Crippen molar-refractivity contribution >= 4 is 29.7 Å². The number of carbonyl (C=O) groups is 5. The fourth-order valence-electron chi connectivity index (χ4n) is 2.61. The van der Waals surface area contributed by atoms with Crippen LogP contribution < -0.4 is 21.7 Å². The lowest BCUT2D eigenvalue weighted by atomic mass is 10.1. The number of carboxylic acids is 2.